The molecule has 1 aliphatic heterocycles. The van der Waals surface area contributed by atoms with Gasteiger partial charge in [-0.3, -0.25) is 4.79 Å². The van der Waals surface area contributed by atoms with Gasteiger partial charge in [-0.1, -0.05) is 12.1 Å². The van der Waals surface area contributed by atoms with Crippen LogP contribution in [-0.4, -0.2) is 22.7 Å². The van der Waals surface area contributed by atoms with Gasteiger partial charge in [0.25, 0.3) is 0 Å². The van der Waals surface area contributed by atoms with Crippen molar-refractivity contribution in [1.29, 1.82) is 0 Å². The quantitative estimate of drug-likeness (QED) is 0.613. The first-order valence-corrected chi connectivity index (χ1v) is 4.44. The van der Waals surface area contributed by atoms with Crippen LogP contribution in [0.3, 0.4) is 0 Å². The van der Waals surface area contributed by atoms with Gasteiger partial charge in [0, 0.05) is 18.7 Å². The number of carboxylic acid groups (broad SMARTS) is 1. The van der Waals surface area contributed by atoms with Gasteiger partial charge < -0.3 is 15.5 Å². The Morgan fingerprint density at radius 3 is 3.00 bits per heavy atom. The van der Waals surface area contributed by atoms with Gasteiger partial charge in [-0.25, -0.2) is 0 Å². The van der Waals surface area contributed by atoms with E-state index in [0.29, 0.717) is 18.7 Å². The van der Waals surface area contributed by atoms with E-state index < -0.39 is 11.9 Å². The smallest absolute Gasteiger partial charge is 0.312 e. The molecule has 1 aliphatic rings. The van der Waals surface area contributed by atoms with Crippen molar-refractivity contribution >= 4 is 5.97 Å². The third kappa shape index (κ3) is 1.33. The number of carboxylic acids is 1. The van der Waals surface area contributed by atoms with Crippen molar-refractivity contribution < 1.29 is 15.0 Å². The molecule has 1 heterocycles. The zero-order chi connectivity index (χ0) is 10.1. The Morgan fingerprint density at radius 2 is 2.29 bits per heavy atom. The van der Waals surface area contributed by atoms with Crippen molar-refractivity contribution in [3.05, 3.63) is 29.3 Å². The van der Waals surface area contributed by atoms with E-state index in [9.17, 15) is 9.90 Å². The summed E-state index contributed by atoms with van der Waals surface area (Å²) in [6.07, 6.45) is 0. The molecule has 0 saturated carbocycles. The zero-order valence-electron chi connectivity index (χ0n) is 7.53. The van der Waals surface area contributed by atoms with Crippen LogP contribution in [0.2, 0.25) is 0 Å². The highest BCUT2D eigenvalue weighted by atomic mass is 16.4. The molecule has 1 aromatic carbocycles. The number of phenolic OH excluding ortho intramolecular Hbond substituents is 1. The number of phenols is 1. The first-order chi connectivity index (χ1) is 6.70. The van der Waals surface area contributed by atoms with Crippen molar-refractivity contribution in [3.8, 4) is 5.75 Å². The van der Waals surface area contributed by atoms with E-state index in [2.05, 4.69) is 5.32 Å². The summed E-state index contributed by atoms with van der Waals surface area (Å²) < 4.78 is 0. The summed E-state index contributed by atoms with van der Waals surface area (Å²) in [6.45, 7) is 0.956. The van der Waals surface area contributed by atoms with Crippen LogP contribution in [0.4, 0.5) is 0 Å². The van der Waals surface area contributed by atoms with E-state index >= 15 is 0 Å². The number of rotatable bonds is 1. The number of aliphatic carboxylic acids is 1. The first kappa shape index (κ1) is 9.02. The Kier molecular flexibility index (Phi) is 2.13. The average Bonchev–Trinajstić information content (AvgIpc) is 2.17. The minimum Gasteiger partial charge on any atom is -0.508 e. The van der Waals surface area contributed by atoms with E-state index in [1.165, 1.54) is 0 Å². The minimum absolute atomic E-state index is 0.168. The maximum absolute atomic E-state index is 10.9. The van der Waals surface area contributed by atoms with E-state index in [1.807, 2.05) is 0 Å². The number of fused-ring (bicyclic) bond motifs is 1. The SMILES string of the molecule is O=C(O)C1CNCc2c(O)cccc21. The van der Waals surface area contributed by atoms with Gasteiger partial charge in [-0.2, -0.15) is 0 Å². The molecule has 14 heavy (non-hydrogen) atoms. The molecule has 0 amide bonds. The highest BCUT2D eigenvalue weighted by Gasteiger charge is 2.27. The normalized spacial score (nSPS) is 20.1. The molecule has 0 aromatic heterocycles. The molecule has 3 N–H and O–H groups in total. The van der Waals surface area contributed by atoms with Gasteiger partial charge in [0.05, 0.1) is 5.92 Å². The third-order valence-electron chi connectivity index (χ3n) is 2.51. The topological polar surface area (TPSA) is 69.6 Å². The maximum atomic E-state index is 10.9. The van der Waals surface area contributed by atoms with Crippen LogP contribution in [-0.2, 0) is 11.3 Å². The van der Waals surface area contributed by atoms with E-state index in [1.54, 1.807) is 18.2 Å². The monoisotopic (exact) mass is 193 g/mol. The summed E-state index contributed by atoms with van der Waals surface area (Å²) in [7, 11) is 0. The van der Waals surface area contributed by atoms with Crippen LogP contribution < -0.4 is 5.32 Å². The molecular weight excluding hydrogens is 182 g/mol. The Labute approximate surface area is 81.2 Å². The molecule has 0 aliphatic carbocycles. The fourth-order valence-corrected chi connectivity index (χ4v) is 1.78. The van der Waals surface area contributed by atoms with Gasteiger partial charge in [0.1, 0.15) is 5.75 Å². The molecule has 4 nitrogen and oxygen atoms in total. The van der Waals surface area contributed by atoms with Crippen LogP contribution >= 0.6 is 0 Å². The highest BCUT2D eigenvalue weighted by Crippen LogP contribution is 2.29. The molecule has 0 radical (unpaired) electrons. The Hall–Kier alpha value is -1.55. The second-order valence-corrected chi connectivity index (χ2v) is 3.37. The minimum atomic E-state index is -0.857. The molecular formula is C10H11NO3. The summed E-state index contributed by atoms with van der Waals surface area (Å²) in [6, 6.07) is 5.01. The van der Waals surface area contributed by atoms with Crippen molar-refractivity contribution in [2.24, 2.45) is 0 Å². The molecule has 0 bridgehead atoms. The maximum Gasteiger partial charge on any atom is 0.312 e. The summed E-state index contributed by atoms with van der Waals surface area (Å²) >= 11 is 0. The predicted molar refractivity (Wildman–Crippen MR) is 50.2 cm³/mol. The third-order valence-corrected chi connectivity index (χ3v) is 2.51. The predicted octanol–water partition coefficient (Wildman–Crippen LogP) is 0.664. The van der Waals surface area contributed by atoms with E-state index in [4.69, 9.17) is 5.11 Å². The Balaban J connectivity index is 2.49. The van der Waals surface area contributed by atoms with E-state index in [-0.39, 0.29) is 5.75 Å². The average molecular weight is 193 g/mol. The molecule has 2 rings (SSSR count). The molecule has 1 atom stereocenters. The largest absolute Gasteiger partial charge is 0.508 e. The Morgan fingerprint density at radius 1 is 1.50 bits per heavy atom. The fraction of sp³-hybridized carbons (Fsp3) is 0.300. The second kappa shape index (κ2) is 3.31. The lowest BCUT2D eigenvalue weighted by atomic mass is 9.90. The lowest BCUT2D eigenvalue weighted by molar-refractivity contribution is -0.138. The highest BCUT2D eigenvalue weighted by molar-refractivity contribution is 5.77. The number of aromatic hydroxyl groups is 1. The van der Waals surface area contributed by atoms with Gasteiger partial charge in [-0.15, -0.1) is 0 Å². The molecule has 0 fully saturated rings. The van der Waals surface area contributed by atoms with Gasteiger partial charge in [-0.05, 0) is 11.6 Å². The number of nitrogens with one attached hydrogen (secondary N) is 1. The number of carbonyl (C=O) groups is 1. The zero-order valence-corrected chi connectivity index (χ0v) is 7.53. The van der Waals surface area contributed by atoms with Crippen molar-refractivity contribution in [3.63, 3.8) is 0 Å². The van der Waals surface area contributed by atoms with Crippen molar-refractivity contribution in [2.75, 3.05) is 6.54 Å². The molecule has 0 saturated heterocycles. The standard InChI is InChI=1S/C10H11NO3/c12-9-3-1-2-6-7(9)4-11-5-8(6)10(13)14/h1-3,8,11-12H,4-5H2,(H,13,14). The molecule has 0 spiro atoms. The van der Waals surface area contributed by atoms with E-state index in [0.717, 1.165) is 5.56 Å². The fourth-order valence-electron chi connectivity index (χ4n) is 1.78. The van der Waals surface area contributed by atoms with Crippen molar-refractivity contribution in [1.82, 2.24) is 5.32 Å². The van der Waals surface area contributed by atoms with Gasteiger partial charge >= 0.3 is 5.97 Å². The van der Waals surface area contributed by atoms with Gasteiger partial charge in [0.15, 0.2) is 0 Å². The number of hydrogen-bond donors (Lipinski definition) is 3. The molecule has 74 valence electrons. The number of hydrogen-bond acceptors (Lipinski definition) is 3. The van der Waals surface area contributed by atoms with Crippen molar-refractivity contribution in [2.45, 2.75) is 12.5 Å². The summed E-state index contributed by atoms with van der Waals surface area (Å²) in [5.41, 5.74) is 1.42. The Bertz CT molecular complexity index is 376. The summed E-state index contributed by atoms with van der Waals surface area (Å²) in [5, 5.41) is 21.4. The lowest BCUT2D eigenvalue weighted by Crippen LogP contribution is -2.32. The number of benzene rings is 1. The van der Waals surface area contributed by atoms with Crippen LogP contribution in [0, 0.1) is 0 Å². The lowest BCUT2D eigenvalue weighted by Gasteiger charge is -2.23. The van der Waals surface area contributed by atoms with Crippen LogP contribution in [0.1, 0.15) is 17.0 Å². The first-order valence-electron chi connectivity index (χ1n) is 4.44. The molecule has 1 aromatic rings. The second-order valence-electron chi connectivity index (χ2n) is 3.37. The van der Waals surface area contributed by atoms with Crippen LogP contribution in [0.5, 0.6) is 5.75 Å². The molecule has 4 heteroatoms. The van der Waals surface area contributed by atoms with Gasteiger partial charge in [0.2, 0.25) is 0 Å². The summed E-state index contributed by atoms with van der Waals surface area (Å²) in [5.74, 6) is -1.24. The summed E-state index contributed by atoms with van der Waals surface area (Å²) in [4.78, 5) is 10.9. The molecule has 1 unspecified atom stereocenters. The van der Waals surface area contributed by atoms with Crippen LogP contribution in [0.25, 0.3) is 0 Å². The van der Waals surface area contributed by atoms with Crippen LogP contribution in [0.15, 0.2) is 18.2 Å².